The van der Waals surface area contributed by atoms with Gasteiger partial charge < -0.3 is 14.6 Å². The zero-order valence-corrected chi connectivity index (χ0v) is 19.6. The quantitative estimate of drug-likeness (QED) is 0.462. The first-order chi connectivity index (χ1) is 15.7. The highest BCUT2D eigenvalue weighted by molar-refractivity contribution is 7.99. The summed E-state index contributed by atoms with van der Waals surface area (Å²) >= 11 is 1.39. The van der Waals surface area contributed by atoms with Gasteiger partial charge in [-0.3, -0.25) is 4.79 Å². The number of aromatic nitrogens is 3. The van der Waals surface area contributed by atoms with E-state index in [1.54, 1.807) is 0 Å². The van der Waals surface area contributed by atoms with Crippen molar-refractivity contribution in [3.8, 4) is 5.75 Å². The lowest BCUT2D eigenvalue weighted by molar-refractivity contribution is -0.113. The maximum Gasteiger partial charge on any atom is 0.234 e. The molecular weight excluding hydrogens is 420 g/mol. The highest BCUT2D eigenvalue weighted by Gasteiger charge is 2.15. The predicted octanol–water partition coefficient (Wildman–Crippen LogP) is 5.05. The molecule has 168 valence electrons. The van der Waals surface area contributed by atoms with E-state index in [0.29, 0.717) is 6.61 Å². The second-order valence-electron chi connectivity index (χ2n) is 7.96. The number of fused-ring (bicyclic) bond motifs is 1. The Bertz CT molecular complexity index is 1060. The lowest BCUT2D eigenvalue weighted by Gasteiger charge is -2.16. The minimum Gasteiger partial charge on any atom is -0.486 e. The monoisotopic (exact) mass is 450 g/mol. The first kappa shape index (κ1) is 22.4. The van der Waals surface area contributed by atoms with Crippen LogP contribution in [-0.2, 0) is 37.2 Å². The molecule has 1 aliphatic rings. The molecule has 3 aromatic rings. The van der Waals surface area contributed by atoms with Gasteiger partial charge in [0.15, 0.2) is 11.0 Å². The molecule has 0 bridgehead atoms. The topological polar surface area (TPSA) is 69.0 Å². The molecule has 1 N–H and O–H groups in total. The number of ether oxygens (including phenoxy) is 1. The summed E-state index contributed by atoms with van der Waals surface area (Å²) in [5.41, 5.74) is 4.90. The second-order valence-corrected chi connectivity index (χ2v) is 8.90. The molecule has 0 radical (unpaired) electrons. The summed E-state index contributed by atoms with van der Waals surface area (Å²) in [6.45, 7) is 5.24. The molecule has 0 fully saturated rings. The van der Waals surface area contributed by atoms with Crippen molar-refractivity contribution in [2.75, 3.05) is 11.1 Å². The van der Waals surface area contributed by atoms with Gasteiger partial charge in [0.05, 0.1) is 5.75 Å². The van der Waals surface area contributed by atoms with E-state index in [1.807, 2.05) is 41.8 Å². The van der Waals surface area contributed by atoms with E-state index in [2.05, 4.69) is 34.6 Å². The van der Waals surface area contributed by atoms with Crippen LogP contribution in [0.3, 0.4) is 0 Å². The normalized spacial score (nSPS) is 12.9. The largest absolute Gasteiger partial charge is 0.486 e. The number of hydrogen-bond donors (Lipinski definition) is 1. The molecule has 0 spiro atoms. The zero-order valence-electron chi connectivity index (χ0n) is 18.8. The summed E-state index contributed by atoms with van der Waals surface area (Å²) in [6, 6.07) is 14.3. The Kier molecular flexibility index (Phi) is 7.47. The van der Waals surface area contributed by atoms with Crippen molar-refractivity contribution in [2.45, 2.75) is 64.3 Å². The third-order valence-corrected chi connectivity index (χ3v) is 6.74. The van der Waals surface area contributed by atoms with E-state index in [0.717, 1.165) is 48.2 Å². The summed E-state index contributed by atoms with van der Waals surface area (Å²) in [4.78, 5) is 12.4. The predicted molar refractivity (Wildman–Crippen MR) is 128 cm³/mol. The average Bonchev–Trinajstić information content (AvgIpc) is 3.23. The second kappa shape index (κ2) is 10.7. The summed E-state index contributed by atoms with van der Waals surface area (Å²) in [6.07, 6.45) is 5.80. The number of aryl methyl sites for hydroxylation is 3. The SMILES string of the molecule is CCc1ccc(NC(=O)CSc2nnc(COc3ccc4c(c3)CCCC4)n2CC)cc1. The minimum atomic E-state index is -0.0586. The standard InChI is InChI=1S/C25H30N4O2S/c1-3-18-9-12-21(13-10-18)26-24(30)17-32-25-28-27-23(29(25)4-2)16-31-22-14-11-19-7-5-6-8-20(19)15-22/h9-15H,3-8,16-17H2,1-2H3,(H,26,30). The van der Waals surface area contributed by atoms with E-state index in [9.17, 15) is 4.79 Å². The summed E-state index contributed by atoms with van der Waals surface area (Å²) in [7, 11) is 0. The number of rotatable bonds is 9. The van der Waals surface area contributed by atoms with E-state index >= 15 is 0 Å². The van der Waals surface area contributed by atoms with Gasteiger partial charge in [-0.25, -0.2) is 0 Å². The van der Waals surface area contributed by atoms with Crippen LogP contribution >= 0.6 is 11.8 Å². The van der Waals surface area contributed by atoms with Gasteiger partial charge in [-0.2, -0.15) is 0 Å². The lowest BCUT2D eigenvalue weighted by Crippen LogP contribution is -2.15. The number of amides is 1. The number of anilines is 1. The molecule has 0 saturated carbocycles. The average molecular weight is 451 g/mol. The van der Waals surface area contributed by atoms with Gasteiger partial charge in [-0.1, -0.05) is 36.9 Å². The first-order valence-electron chi connectivity index (χ1n) is 11.3. The van der Waals surface area contributed by atoms with Gasteiger partial charge in [0, 0.05) is 12.2 Å². The van der Waals surface area contributed by atoms with Crippen LogP contribution in [0.25, 0.3) is 0 Å². The molecule has 2 aromatic carbocycles. The molecule has 7 heteroatoms. The fraction of sp³-hybridized carbons (Fsp3) is 0.400. The van der Waals surface area contributed by atoms with Crippen LogP contribution in [-0.4, -0.2) is 26.4 Å². The van der Waals surface area contributed by atoms with Crippen molar-refractivity contribution in [1.82, 2.24) is 14.8 Å². The third-order valence-electron chi connectivity index (χ3n) is 5.78. The van der Waals surface area contributed by atoms with Crippen LogP contribution in [0.2, 0.25) is 0 Å². The summed E-state index contributed by atoms with van der Waals surface area (Å²) < 4.78 is 8.03. The van der Waals surface area contributed by atoms with Crippen LogP contribution in [0.15, 0.2) is 47.6 Å². The van der Waals surface area contributed by atoms with Crippen LogP contribution in [0.1, 0.15) is 49.2 Å². The van der Waals surface area contributed by atoms with Crippen LogP contribution in [0.5, 0.6) is 5.75 Å². The van der Waals surface area contributed by atoms with Gasteiger partial charge >= 0.3 is 0 Å². The number of carbonyl (C=O) groups is 1. The van der Waals surface area contributed by atoms with E-state index < -0.39 is 0 Å². The number of nitrogens with zero attached hydrogens (tertiary/aromatic N) is 3. The highest BCUT2D eigenvalue weighted by Crippen LogP contribution is 2.26. The number of thioether (sulfide) groups is 1. The van der Waals surface area contributed by atoms with Crippen molar-refractivity contribution >= 4 is 23.4 Å². The Morgan fingerprint density at radius 1 is 1.06 bits per heavy atom. The van der Waals surface area contributed by atoms with Crippen LogP contribution < -0.4 is 10.1 Å². The van der Waals surface area contributed by atoms with Gasteiger partial charge in [-0.15, -0.1) is 10.2 Å². The number of benzene rings is 2. The molecule has 0 aliphatic heterocycles. The molecule has 0 unspecified atom stereocenters. The zero-order chi connectivity index (χ0) is 22.3. The molecule has 32 heavy (non-hydrogen) atoms. The van der Waals surface area contributed by atoms with Crippen molar-refractivity contribution in [3.63, 3.8) is 0 Å². The number of carbonyl (C=O) groups excluding carboxylic acids is 1. The Labute approximate surface area is 193 Å². The Morgan fingerprint density at radius 3 is 2.59 bits per heavy atom. The van der Waals surface area contributed by atoms with Crippen molar-refractivity contribution < 1.29 is 9.53 Å². The van der Waals surface area contributed by atoms with Gasteiger partial charge in [0.1, 0.15) is 12.4 Å². The Morgan fingerprint density at radius 2 is 1.84 bits per heavy atom. The summed E-state index contributed by atoms with van der Waals surface area (Å²) in [5, 5.41) is 12.3. The van der Waals surface area contributed by atoms with E-state index in [1.165, 1.54) is 41.3 Å². The smallest absolute Gasteiger partial charge is 0.234 e. The van der Waals surface area contributed by atoms with Crippen molar-refractivity contribution in [3.05, 3.63) is 65.0 Å². The number of hydrogen-bond acceptors (Lipinski definition) is 5. The van der Waals surface area contributed by atoms with E-state index in [-0.39, 0.29) is 11.7 Å². The molecule has 1 amide bonds. The van der Waals surface area contributed by atoms with Crippen molar-refractivity contribution in [2.24, 2.45) is 0 Å². The van der Waals surface area contributed by atoms with Crippen LogP contribution in [0.4, 0.5) is 5.69 Å². The molecule has 1 heterocycles. The Balaban J connectivity index is 1.32. The van der Waals surface area contributed by atoms with Gasteiger partial charge in [0.2, 0.25) is 5.91 Å². The minimum absolute atomic E-state index is 0.0586. The molecule has 1 aromatic heterocycles. The fourth-order valence-corrected chi connectivity index (χ4v) is 4.77. The first-order valence-corrected chi connectivity index (χ1v) is 12.3. The maximum atomic E-state index is 12.4. The molecule has 4 rings (SSSR count). The van der Waals surface area contributed by atoms with E-state index in [4.69, 9.17) is 4.74 Å². The number of nitrogens with one attached hydrogen (secondary N) is 1. The molecular formula is C25H30N4O2S. The fourth-order valence-electron chi connectivity index (χ4n) is 3.95. The highest BCUT2D eigenvalue weighted by atomic mass is 32.2. The van der Waals surface area contributed by atoms with Gasteiger partial charge in [-0.05, 0) is 80.0 Å². The van der Waals surface area contributed by atoms with Gasteiger partial charge in [0.25, 0.3) is 0 Å². The molecule has 0 saturated heterocycles. The lowest BCUT2D eigenvalue weighted by atomic mass is 9.92. The van der Waals surface area contributed by atoms with Crippen LogP contribution in [0, 0.1) is 0 Å². The molecule has 0 atom stereocenters. The molecule has 1 aliphatic carbocycles. The summed E-state index contributed by atoms with van der Waals surface area (Å²) in [5.74, 6) is 1.86. The third kappa shape index (κ3) is 5.51. The maximum absolute atomic E-state index is 12.4. The molecule has 6 nitrogen and oxygen atoms in total. The van der Waals surface area contributed by atoms with Crippen molar-refractivity contribution in [1.29, 1.82) is 0 Å². The Hall–Kier alpha value is -2.80.